The van der Waals surface area contributed by atoms with Crippen molar-refractivity contribution in [3.63, 3.8) is 0 Å². The fourth-order valence-electron chi connectivity index (χ4n) is 3.90. The standard InChI is InChI=1S/C22H23NO5S2/c1-28-18-9-11-19(12-10-18)29(24,25)20-13-15-23(16-14-20)30(26,27)22-8-4-6-17-5-2-3-7-21(17)22/h2-12,20H,13-16H2,1H3. The summed E-state index contributed by atoms with van der Waals surface area (Å²) in [6.45, 7) is 0.344. The Balaban J connectivity index is 1.55. The first-order valence-electron chi connectivity index (χ1n) is 9.70. The van der Waals surface area contributed by atoms with Gasteiger partial charge in [0.25, 0.3) is 0 Å². The molecule has 0 aliphatic carbocycles. The van der Waals surface area contributed by atoms with E-state index in [2.05, 4.69) is 0 Å². The van der Waals surface area contributed by atoms with Gasteiger partial charge in [-0.2, -0.15) is 4.31 Å². The minimum atomic E-state index is -3.71. The highest BCUT2D eigenvalue weighted by Gasteiger charge is 2.36. The van der Waals surface area contributed by atoms with Gasteiger partial charge in [0.05, 0.1) is 22.2 Å². The van der Waals surface area contributed by atoms with Gasteiger partial charge in [-0.1, -0.05) is 36.4 Å². The zero-order chi connectivity index (χ0) is 21.4. The van der Waals surface area contributed by atoms with E-state index in [0.29, 0.717) is 11.1 Å². The third-order valence-corrected chi connectivity index (χ3v) is 9.83. The molecule has 8 heteroatoms. The van der Waals surface area contributed by atoms with Crippen LogP contribution >= 0.6 is 0 Å². The molecule has 0 atom stereocenters. The number of hydrogen-bond donors (Lipinski definition) is 0. The van der Waals surface area contributed by atoms with E-state index in [9.17, 15) is 16.8 Å². The van der Waals surface area contributed by atoms with Crippen molar-refractivity contribution in [2.24, 2.45) is 0 Å². The van der Waals surface area contributed by atoms with Crippen molar-refractivity contribution in [2.75, 3.05) is 20.2 Å². The van der Waals surface area contributed by atoms with Gasteiger partial charge in [-0.05, 0) is 48.6 Å². The number of benzene rings is 3. The molecule has 3 aromatic rings. The maximum atomic E-state index is 13.3. The minimum absolute atomic E-state index is 0.172. The topological polar surface area (TPSA) is 80.8 Å². The number of sulfonamides is 1. The number of sulfone groups is 1. The molecule has 0 spiro atoms. The van der Waals surface area contributed by atoms with Crippen molar-refractivity contribution < 1.29 is 21.6 Å². The number of hydrogen-bond acceptors (Lipinski definition) is 5. The van der Waals surface area contributed by atoms with Crippen LogP contribution in [0, 0.1) is 0 Å². The molecule has 3 aromatic carbocycles. The van der Waals surface area contributed by atoms with Gasteiger partial charge in [0.1, 0.15) is 5.75 Å². The molecule has 1 aliphatic rings. The monoisotopic (exact) mass is 445 g/mol. The first-order valence-corrected chi connectivity index (χ1v) is 12.7. The van der Waals surface area contributed by atoms with Crippen LogP contribution in [-0.4, -0.2) is 46.6 Å². The van der Waals surface area contributed by atoms with Gasteiger partial charge in [-0.3, -0.25) is 0 Å². The molecule has 0 bridgehead atoms. The van der Waals surface area contributed by atoms with E-state index >= 15 is 0 Å². The second-order valence-electron chi connectivity index (χ2n) is 7.30. The van der Waals surface area contributed by atoms with Crippen LogP contribution in [0.2, 0.25) is 0 Å². The van der Waals surface area contributed by atoms with Crippen molar-refractivity contribution in [2.45, 2.75) is 27.9 Å². The van der Waals surface area contributed by atoms with E-state index in [1.54, 1.807) is 30.3 Å². The Hall–Kier alpha value is -2.42. The number of piperidine rings is 1. The quantitative estimate of drug-likeness (QED) is 0.601. The summed E-state index contributed by atoms with van der Waals surface area (Å²) in [5, 5.41) is 0.924. The van der Waals surface area contributed by atoms with Gasteiger partial charge >= 0.3 is 0 Å². The molecule has 0 radical (unpaired) electrons. The molecule has 1 saturated heterocycles. The van der Waals surface area contributed by atoms with Crippen molar-refractivity contribution >= 4 is 30.6 Å². The van der Waals surface area contributed by atoms with Crippen LogP contribution < -0.4 is 4.74 Å². The lowest BCUT2D eigenvalue weighted by Crippen LogP contribution is -2.42. The van der Waals surface area contributed by atoms with Crippen LogP contribution in [0.25, 0.3) is 10.8 Å². The smallest absolute Gasteiger partial charge is 0.243 e. The van der Waals surface area contributed by atoms with Crippen molar-refractivity contribution in [3.8, 4) is 5.75 Å². The van der Waals surface area contributed by atoms with Gasteiger partial charge in [0.15, 0.2) is 9.84 Å². The van der Waals surface area contributed by atoms with Crippen molar-refractivity contribution in [1.29, 1.82) is 0 Å². The largest absolute Gasteiger partial charge is 0.497 e. The van der Waals surface area contributed by atoms with Crippen LogP contribution in [0.5, 0.6) is 5.75 Å². The maximum absolute atomic E-state index is 13.3. The summed E-state index contributed by atoms with van der Waals surface area (Å²) < 4.78 is 59.0. The average molecular weight is 446 g/mol. The molecule has 0 amide bonds. The second-order valence-corrected chi connectivity index (χ2v) is 11.4. The summed E-state index contributed by atoms with van der Waals surface area (Å²) in [4.78, 5) is 0.496. The molecule has 30 heavy (non-hydrogen) atoms. The van der Waals surface area contributed by atoms with Crippen LogP contribution in [-0.2, 0) is 19.9 Å². The second kappa shape index (κ2) is 8.02. The molecule has 1 heterocycles. The number of ether oxygens (including phenoxy) is 1. The summed E-state index contributed by atoms with van der Waals surface area (Å²) in [5.41, 5.74) is 0. The van der Waals surface area contributed by atoms with Crippen LogP contribution in [0.3, 0.4) is 0 Å². The number of methoxy groups -OCH3 is 1. The molecule has 0 N–H and O–H groups in total. The third-order valence-electron chi connectivity index (χ3n) is 5.60. The Labute approximate surface area is 177 Å². The van der Waals surface area contributed by atoms with Gasteiger partial charge in [0, 0.05) is 18.5 Å². The van der Waals surface area contributed by atoms with Crippen molar-refractivity contribution in [1.82, 2.24) is 4.31 Å². The minimum Gasteiger partial charge on any atom is -0.497 e. The molecule has 0 unspecified atom stereocenters. The predicted octanol–water partition coefficient (Wildman–Crippen LogP) is 3.48. The zero-order valence-corrected chi connectivity index (χ0v) is 18.2. The summed E-state index contributed by atoms with van der Waals surface area (Å²) >= 11 is 0. The lowest BCUT2D eigenvalue weighted by Gasteiger charge is -2.31. The van der Waals surface area contributed by atoms with E-state index in [-0.39, 0.29) is 35.7 Å². The lowest BCUT2D eigenvalue weighted by molar-refractivity contribution is 0.346. The molecule has 0 aromatic heterocycles. The zero-order valence-electron chi connectivity index (χ0n) is 16.6. The van der Waals surface area contributed by atoms with Crippen LogP contribution in [0.15, 0.2) is 76.5 Å². The summed E-state index contributed by atoms with van der Waals surface area (Å²) in [6, 6.07) is 18.9. The molecular formula is C22H23NO5S2. The Bertz CT molecular complexity index is 1260. The van der Waals surface area contributed by atoms with Gasteiger partial charge in [-0.15, -0.1) is 0 Å². The van der Waals surface area contributed by atoms with E-state index in [1.807, 2.05) is 24.3 Å². The van der Waals surface area contributed by atoms with Crippen LogP contribution in [0.4, 0.5) is 0 Å². The Morgan fingerprint density at radius 2 is 1.47 bits per heavy atom. The summed E-state index contributed by atoms with van der Waals surface area (Å²) in [5.74, 6) is 0.588. The lowest BCUT2D eigenvalue weighted by atomic mass is 10.1. The highest BCUT2D eigenvalue weighted by Crippen LogP contribution is 2.31. The average Bonchev–Trinajstić information content (AvgIpc) is 2.78. The highest BCUT2D eigenvalue weighted by atomic mass is 32.2. The summed E-state index contributed by atoms with van der Waals surface area (Å²) in [7, 11) is -5.72. The van der Waals surface area contributed by atoms with Gasteiger partial charge in [0.2, 0.25) is 10.0 Å². The number of nitrogens with zero attached hydrogens (tertiary/aromatic N) is 1. The summed E-state index contributed by atoms with van der Waals surface area (Å²) in [6.07, 6.45) is 0.525. The predicted molar refractivity (Wildman–Crippen MR) is 116 cm³/mol. The number of fused-ring (bicyclic) bond motifs is 1. The Morgan fingerprint density at radius 1 is 0.833 bits per heavy atom. The molecule has 1 aliphatic heterocycles. The molecule has 4 rings (SSSR count). The van der Waals surface area contributed by atoms with Crippen LogP contribution in [0.1, 0.15) is 12.8 Å². The first kappa shape index (κ1) is 20.8. The highest BCUT2D eigenvalue weighted by molar-refractivity contribution is 7.92. The van der Waals surface area contributed by atoms with E-state index in [0.717, 1.165) is 5.39 Å². The first-order chi connectivity index (χ1) is 14.3. The maximum Gasteiger partial charge on any atom is 0.243 e. The fourth-order valence-corrected chi connectivity index (χ4v) is 7.32. The number of rotatable bonds is 5. The molecule has 158 valence electrons. The Kier molecular flexibility index (Phi) is 5.57. The SMILES string of the molecule is COc1ccc(S(=O)(=O)C2CCN(S(=O)(=O)c3cccc4ccccc34)CC2)cc1. The molecule has 1 fully saturated rings. The van der Waals surface area contributed by atoms with E-state index in [1.165, 1.54) is 23.5 Å². The van der Waals surface area contributed by atoms with Crippen molar-refractivity contribution in [3.05, 3.63) is 66.7 Å². The molecular weight excluding hydrogens is 422 g/mol. The Morgan fingerprint density at radius 3 is 2.13 bits per heavy atom. The molecule has 6 nitrogen and oxygen atoms in total. The fraction of sp³-hybridized carbons (Fsp3) is 0.273. The third kappa shape index (κ3) is 3.71. The molecule has 0 saturated carbocycles. The van der Waals surface area contributed by atoms with Gasteiger partial charge in [-0.25, -0.2) is 16.8 Å². The van der Waals surface area contributed by atoms with Gasteiger partial charge < -0.3 is 4.74 Å². The van der Waals surface area contributed by atoms with E-state index < -0.39 is 25.1 Å². The van der Waals surface area contributed by atoms with E-state index in [4.69, 9.17) is 4.74 Å². The normalized spacial score (nSPS) is 16.6.